The predicted molar refractivity (Wildman–Crippen MR) is 88.6 cm³/mol. The van der Waals surface area contributed by atoms with Crippen molar-refractivity contribution in [3.05, 3.63) is 62.1 Å². The standard InChI is InChI=1S/C15H8Cl4O2/c16-10-6-12(18)15(13(19)7-10)9-1-3-11(17)8(5-9)2-4-14(20)21/h1-7H,(H,20,21)/b4-2+. The van der Waals surface area contributed by atoms with Crippen molar-refractivity contribution in [1.82, 2.24) is 0 Å². The van der Waals surface area contributed by atoms with Crippen LogP contribution >= 0.6 is 46.4 Å². The lowest BCUT2D eigenvalue weighted by Gasteiger charge is -2.10. The quantitative estimate of drug-likeness (QED) is 0.674. The Morgan fingerprint density at radius 2 is 1.57 bits per heavy atom. The van der Waals surface area contributed by atoms with Crippen molar-refractivity contribution in [2.75, 3.05) is 0 Å². The number of carboxylic acids is 1. The van der Waals surface area contributed by atoms with Gasteiger partial charge in [-0.15, -0.1) is 0 Å². The molecule has 2 aromatic carbocycles. The number of benzene rings is 2. The molecule has 2 rings (SSSR count). The van der Waals surface area contributed by atoms with Crippen LogP contribution in [0.4, 0.5) is 0 Å². The Hall–Kier alpha value is -1.19. The van der Waals surface area contributed by atoms with Crippen LogP contribution in [0.5, 0.6) is 0 Å². The third kappa shape index (κ3) is 3.92. The van der Waals surface area contributed by atoms with E-state index in [1.54, 1.807) is 30.3 Å². The maximum absolute atomic E-state index is 10.6. The Morgan fingerprint density at radius 3 is 2.14 bits per heavy atom. The molecular formula is C15H8Cl4O2. The summed E-state index contributed by atoms with van der Waals surface area (Å²) in [5.41, 5.74) is 1.89. The van der Waals surface area contributed by atoms with E-state index < -0.39 is 5.97 Å². The fourth-order valence-corrected chi connectivity index (χ4v) is 3.02. The number of carbonyl (C=O) groups is 1. The van der Waals surface area contributed by atoms with E-state index in [1.165, 1.54) is 6.08 Å². The molecule has 0 fully saturated rings. The van der Waals surface area contributed by atoms with Crippen LogP contribution in [0.1, 0.15) is 5.56 Å². The minimum atomic E-state index is -1.06. The second-order valence-corrected chi connectivity index (χ2v) is 5.81. The molecule has 1 N–H and O–H groups in total. The summed E-state index contributed by atoms with van der Waals surface area (Å²) in [6.45, 7) is 0. The molecule has 0 heterocycles. The average molecular weight is 362 g/mol. The minimum absolute atomic E-state index is 0.406. The van der Waals surface area contributed by atoms with E-state index in [1.807, 2.05) is 0 Å². The van der Waals surface area contributed by atoms with E-state index in [0.29, 0.717) is 31.2 Å². The van der Waals surface area contributed by atoms with Crippen LogP contribution in [0.25, 0.3) is 17.2 Å². The molecule has 21 heavy (non-hydrogen) atoms. The fraction of sp³-hybridized carbons (Fsp3) is 0. The summed E-state index contributed by atoms with van der Waals surface area (Å²) in [7, 11) is 0. The van der Waals surface area contributed by atoms with E-state index in [9.17, 15) is 4.79 Å². The van der Waals surface area contributed by atoms with E-state index in [2.05, 4.69) is 0 Å². The fourth-order valence-electron chi connectivity index (χ4n) is 1.81. The smallest absolute Gasteiger partial charge is 0.328 e. The Bertz CT molecular complexity index is 715. The lowest BCUT2D eigenvalue weighted by atomic mass is 10.0. The van der Waals surface area contributed by atoms with Crippen LogP contribution in [0, 0.1) is 0 Å². The summed E-state index contributed by atoms with van der Waals surface area (Å²) in [5, 5.41) is 10.4. The maximum Gasteiger partial charge on any atom is 0.328 e. The van der Waals surface area contributed by atoms with Gasteiger partial charge in [0.1, 0.15) is 0 Å². The number of halogens is 4. The molecule has 0 aliphatic rings. The SMILES string of the molecule is O=C(O)/C=C/c1cc(-c2c(Cl)cc(Cl)cc2Cl)ccc1Cl. The van der Waals surface area contributed by atoms with Gasteiger partial charge in [0, 0.05) is 21.7 Å². The molecule has 108 valence electrons. The molecular weight excluding hydrogens is 354 g/mol. The van der Waals surface area contributed by atoms with Crippen molar-refractivity contribution in [3.63, 3.8) is 0 Å². The summed E-state index contributed by atoms with van der Waals surface area (Å²) in [6.07, 6.45) is 2.42. The van der Waals surface area contributed by atoms with E-state index in [0.717, 1.165) is 11.6 Å². The van der Waals surface area contributed by atoms with Gasteiger partial charge in [-0.25, -0.2) is 4.79 Å². The third-order valence-electron chi connectivity index (χ3n) is 2.70. The van der Waals surface area contributed by atoms with Crippen LogP contribution in [0.3, 0.4) is 0 Å². The third-order valence-corrected chi connectivity index (χ3v) is 3.86. The molecule has 2 nitrogen and oxygen atoms in total. The van der Waals surface area contributed by atoms with Gasteiger partial charge in [-0.05, 0) is 41.5 Å². The van der Waals surface area contributed by atoms with Gasteiger partial charge in [-0.3, -0.25) is 0 Å². The van der Waals surface area contributed by atoms with Crippen LogP contribution < -0.4 is 0 Å². The van der Waals surface area contributed by atoms with Crippen molar-refractivity contribution in [1.29, 1.82) is 0 Å². The van der Waals surface area contributed by atoms with Gasteiger partial charge in [-0.1, -0.05) is 52.5 Å². The van der Waals surface area contributed by atoms with E-state index >= 15 is 0 Å². The molecule has 0 spiro atoms. The van der Waals surface area contributed by atoms with Gasteiger partial charge in [0.2, 0.25) is 0 Å². The van der Waals surface area contributed by atoms with Gasteiger partial charge in [0.05, 0.1) is 10.0 Å². The Morgan fingerprint density at radius 1 is 0.952 bits per heavy atom. The lowest BCUT2D eigenvalue weighted by Crippen LogP contribution is -1.88. The molecule has 0 unspecified atom stereocenters. The molecule has 0 aromatic heterocycles. The van der Waals surface area contributed by atoms with Crippen molar-refractivity contribution in [3.8, 4) is 11.1 Å². The van der Waals surface area contributed by atoms with Crippen molar-refractivity contribution < 1.29 is 9.90 Å². The molecule has 0 saturated carbocycles. The topological polar surface area (TPSA) is 37.3 Å². The van der Waals surface area contributed by atoms with Crippen LogP contribution in [-0.2, 0) is 4.79 Å². The minimum Gasteiger partial charge on any atom is -0.478 e. The van der Waals surface area contributed by atoms with Crippen molar-refractivity contribution >= 4 is 58.4 Å². The van der Waals surface area contributed by atoms with E-state index in [4.69, 9.17) is 51.5 Å². The molecule has 0 radical (unpaired) electrons. The van der Waals surface area contributed by atoms with Crippen LogP contribution in [-0.4, -0.2) is 11.1 Å². The summed E-state index contributed by atoms with van der Waals surface area (Å²) in [5.74, 6) is -1.06. The second kappa shape index (κ2) is 6.71. The monoisotopic (exact) mass is 360 g/mol. The van der Waals surface area contributed by atoms with Crippen LogP contribution in [0.15, 0.2) is 36.4 Å². The first kappa shape index (κ1) is 16.2. The van der Waals surface area contributed by atoms with Crippen molar-refractivity contribution in [2.45, 2.75) is 0 Å². The molecule has 0 saturated heterocycles. The summed E-state index contributed by atoms with van der Waals surface area (Å²) in [6, 6.07) is 8.29. The van der Waals surface area contributed by atoms with Gasteiger partial charge in [-0.2, -0.15) is 0 Å². The largest absolute Gasteiger partial charge is 0.478 e. The number of hydrogen-bond acceptors (Lipinski definition) is 1. The highest BCUT2D eigenvalue weighted by molar-refractivity contribution is 6.42. The zero-order chi connectivity index (χ0) is 15.6. The number of hydrogen-bond donors (Lipinski definition) is 1. The molecule has 0 aliphatic carbocycles. The van der Waals surface area contributed by atoms with Gasteiger partial charge < -0.3 is 5.11 Å². The zero-order valence-corrected chi connectivity index (χ0v) is 13.4. The number of rotatable bonds is 3. The summed E-state index contributed by atoms with van der Waals surface area (Å²) >= 11 is 24.3. The number of carboxylic acid groups (broad SMARTS) is 1. The molecule has 0 atom stereocenters. The molecule has 0 aliphatic heterocycles. The molecule has 6 heteroatoms. The highest BCUT2D eigenvalue weighted by Gasteiger charge is 2.11. The summed E-state index contributed by atoms with van der Waals surface area (Å²) < 4.78 is 0. The van der Waals surface area contributed by atoms with Crippen molar-refractivity contribution in [2.24, 2.45) is 0 Å². The Balaban J connectivity index is 2.56. The first-order chi connectivity index (χ1) is 9.88. The predicted octanol–water partition coefficient (Wildman–Crippen LogP) is 6.07. The first-order valence-electron chi connectivity index (χ1n) is 5.74. The van der Waals surface area contributed by atoms with Crippen LogP contribution in [0.2, 0.25) is 20.1 Å². The molecule has 0 amide bonds. The second-order valence-electron chi connectivity index (χ2n) is 4.15. The summed E-state index contributed by atoms with van der Waals surface area (Å²) in [4.78, 5) is 10.6. The Kier molecular flexibility index (Phi) is 5.17. The van der Waals surface area contributed by atoms with Gasteiger partial charge in [0.25, 0.3) is 0 Å². The number of aliphatic carboxylic acids is 1. The maximum atomic E-state index is 10.6. The normalized spacial score (nSPS) is 11.0. The molecule has 2 aromatic rings. The highest BCUT2D eigenvalue weighted by atomic mass is 35.5. The molecule has 0 bridgehead atoms. The lowest BCUT2D eigenvalue weighted by molar-refractivity contribution is -0.131. The highest BCUT2D eigenvalue weighted by Crippen LogP contribution is 2.38. The average Bonchev–Trinajstić information content (AvgIpc) is 2.37. The first-order valence-corrected chi connectivity index (χ1v) is 7.25. The zero-order valence-electron chi connectivity index (χ0n) is 10.4. The van der Waals surface area contributed by atoms with Gasteiger partial charge >= 0.3 is 5.97 Å². The Labute approximate surface area is 141 Å². The van der Waals surface area contributed by atoms with E-state index in [-0.39, 0.29) is 0 Å². The van der Waals surface area contributed by atoms with Gasteiger partial charge in [0.15, 0.2) is 0 Å².